The summed E-state index contributed by atoms with van der Waals surface area (Å²) in [7, 11) is -1.75. The molecule has 0 aromatic rings. The molecule has 62 valence electrons. The summed E-state index contributed by atoms with van der Waals surface area (Å²) in [6, 6.07) is 0. The van der Waals surface area contributed by atoms with Gasteiger partial charge in [-0.25, -0.2) is 0 Å². The van der Waals surface area contributed by atoms with Gasteiger partial charge in [0.05, 0.1) is 5.79 Å². The van der Waals surface area contributed by atoms with Crippen LogP contribution in [0, 0.1) is 0 Å². The van der Waals surface area contributed by atoms with Gasteiger partial charge in [-0.3, -0.25) is 0 Å². The van der Waals surface area contributed by atoms with Gasteiger partial charge in [0, 0.05) is 13.2 Å². The lowest BCUT2D eigenvalue weighted by Crippen LogP contribution is -2.50. The number of nitrogens with two attached hydrogens (primary N) is 2. The van der Waals surface area contributed by atoms with Gasteiger partial charge < -0.3 is 20.3 Å². The van der Waals surface area contributed by atoms with Crippen molar-refractivity contribution < 1.29 is 8.85 Å². The van der Waals surface area contributed by atoms with Crippen molar-refractivity contribution in [3.63, 3.8) is 0 Å². The topological polar surface area (TPSA) is 70.5 Å². The van der Waals surface area contributed by atoms with Crippen LogP contribution >= 0.6 is 0 Å². The third-order valence-electron chi connectivity index (χ3n) is 0.976. The first-order valence-electron chi connectivity index (χ1n) is 3.46. The van der Waals surface area contributed by atoms with Gasteiger partial charge in [0.25, 0.3) is 0 Å². The summed E-state index contributed by atoms with van der Waals surface area (Å²) in [6.07, 6.45) is 0. The zero-order chi connectivity index (χ0) is 7.98. The molecule has 0 unspecified atom stereocenters. The maximum atomic E-state index is 5.40. The Hall–Kier alpha value is 0.0569. The fourth-order valence-electron chi connectivity index (χ4n) is 0.599. The second-order valence-electron chi connectivity index (χ2n) is 1.86. The van der Waals surface area contributed by atoms with Crippen molar-refractivity contribution in [2.45, 2.75) is 19.6 Å². The predicted octanol–water partition coefficient (Wildman–Crippen LogP) is -0.937. The quantitative estimate of drug-likeness (QED) is 0.406. The van der Waals surface area contributed by atoms with Gasteiger partial charge in [0.15, 0.2) is 0 Å². The maximum Gasteiger partial charge on any atom is 0.353 e. The van der Waals surface area contributed by atoms with Crippen molar-refractivity contribution in [2.75, 3.05) is 13.2 Å². The van der Waals surface area contributed by atoms with Crippen molar-refractivity contribution in [1.29, 1.82) is 0 Å². The van der Waals surface area contributed by atoms with Crippen LogP contribution < -0.4 is 11.5 Å². The summed E-state index contributed by atoms with van der Waals surface area (Å²) < 4.78 is 10.4. The average molecular weight is 164 g/mol. The SMILES string of the molecule is CCO[SiH](OCC)C(N)N. The first-order valence-corrected chi connectivity index (χ1v) is 5.07. The molecule has 0 saturated carbocycles. The van der Waals surface area contributed by atoms with E-state index in [0.29, 0.717) is 13.2 Å². The Kier molecular flexibility index (Phi) is 5.85. The molecule has 4 nitrogen and oxygen atoms in total. The van der Waals surface area contributed by atoms with Crippen molar-refractivity contribution in [3.8, 4) is 0 Å². The largest absolute Gasteiger partial charge is 0.395 e. The Morgan fingerprint density at radius 1 is 1.20 bits per heavy atom. The molecular formula is C5H16N2O2Si. The molecule has 0 atom stereocenters. The zero-order valence-electron chi connectivity index (χ0n) is 6.54. The fourth-order valence-corrected chi connectivity index (χ4v) is 1.80. The smallest absolute Gasteiger partial charge is 0.353 e. The summed E-state index contributed by atoms with van der Waals surface area (Å²) in [4.78, 5) is 0. The van der Waals surface area contributed by atoms with Crippen LogP contribution in [0.15, 0.2) is 0 Å². The molecule has 0 bridgehead atoms. The summed E-state index contributed by atoms with van der Waals surface area (Å²) >= 11 is 0. The Bertz CT molecular complexity index is 76.0. The second kappa shape index (κ2) is 5.81. The normalized spacial score (nSPS) is 11.4. The van der Waals surface area contributed by atoms with E-state index in [0.717, 1.165) is 0 Å². The number of hydrogen-bond donors (Lipinski definition) is 2. The highest BCUT2D eigenvalue weighted by molar-refractivity contribution is 6.46. The lowest BCUT2D eigenvalue weighted by Gasteiger charge is -2.17. The van der Waals surface area contributed by atoms with Gasteiger partial charge in [0.2, 0.25) is 0 Å². The minimum atomic E-state index is -1.75. The molecule has 0 heterocycles. The maximum absolute atomic E-state index is 5.40. The van der Waals surface area contributed by atoms with E-state index in [9.17, 15) is 0 Å². The van der Waals surface area contributed by atoms with Gasteiger partial charge in [-0.2, -0.15) is 0 Å². The molecule has 0 aliphatic heterocycles. The summed E-state index contributed by atoms with van der Waals surface area (Å²) in [6.45, 7) is 5.06. The Morgan fingerprint density at radius 3 is 1.80 bits per heavy atom. The lowest BCUT2D eigenvalue weighted by atomic mass is 10.9. The summed E-state index contributed by atoms with van der Waals surface area (Å²) in [5, 5.41) is 0. The van der Waals surface area contributed by atoms with Gasteiger partial charge in [0.1, 0.15) is 0 Å². The third-order valence-corrected chi connectivity index (χ3v) is 2.93. The van der Waals surface area contributed by atoms with Crippen molar-refractivity contribution >= 4 is 9.28 Å². The molecular weight excluding hydrogens is 148 g/mol. The first-order chi connectivity index (χ1) is 4.72. The highest BCUT2D eigenvalue weighted by atomic mass is 28.3. The van der Waals surface area contributed by atoms with Gasteiger partial charge in [-0.1, -0.05) is 0 Å². The summed E-state index contributed by atoms with van der Waals surface area (Å²) in [5.41, 5.74) is 10.8. The zero-order valence-corrected chi connectivity index (χ0v) is 7.69. The van der Waals surface area contributed by atoms with E-state index in [4.69, 9.17) is 20.3 Å². The van der Waals surface area contributed by atoms with Gasteiger partial charge in [-0.15, -0.1) is 0 Å². The van der Waals surface area contributed by atoms with Crippen LogP contribution in [0.25, 0.3) is 0 Å². The Labute approximate surface area is 63.3 Å². The lowest BCUT2D eigenvalue weighted by molar-refractivity contribution is 0.205. The Morgan fingerprint density at radius 2 is 1.60 bits per heavy atom. The summed E-state index contributed by atoms with van der Waals surface area (Å²) in [5.74, 6) is -0.417. The average Bonchev–Trinajstić information content (AvgIpc) is 1.87. The minimum Gasteiger partial charge on any atom is -0.395 e. The monoisotopic (exact) mass is 164 g/mol. The third kappa shape index (κ3) is 3.97. The van der Waals surface area contributed by atoms with Crippen molar-refractivity contribution in [3.05, 3.63) is 0 Å². The molecule has 0 aromatic carbocycles. The fraction of sp³-hybridized carbons (Fsp3) is 1.00. The molecule has 0 spiro atoms. The van der Waals surface area contributed by atoms with E-state index >= 15 is 0 Å². The van der Waals surface area contributed by atoms with E-state index in [1.807, 2.05) is 13.8 Å². The van der Waals surface area contributed by atoms with Crippen LogP contribution in [0.1, 0.15) is 13.8 Å². The van der Waals surface area contributed by atoms with Crippen LogP contribution in [0.4, 0.5) is 0 Å². The molecule has 0 rings (SSSR count). The molecule has 0 amide bonds. The van der Waals surface area contributed by atoms with Crippen molar-refractivity contribution in [2.24, 2.45) is 11.5 Å². The number of hydrogen-bond acceptors (Lipinski definition) is 4. The molecule has 5 heteroatoms. The van der Waals surface area contributed by atoms with E-state index in [-0.39, 0.29) is 0 Å². The molecule has 0 aliphatic carbocycles. The van der Waals surface area contributed by atoms with E-state index in [2.05, 4.69) is 0 Å². The highest BCUT2D eigenvalue weighted by Gasteiger charge is 2.17. The molecule has 10 heavy (non-hydrogen) atoms. The molecule has 0 aliphatic rings. The molecule has 0 fully saturated rings. The molecule has 0 aromatic heterocycles. The minimum absolute atomic E-state index is 0.417. The Balaban J connectivity index is 3.50. The van der Waals surface area contributed by atoms with Crippen molar-refractivity contribution in [1.82, 2.24) is 0 Å². The van der Waals surface area contributed by atoms with Gasteiger partial charge >= 0.3 is 9.28 Å². The van der Waals surface area contributed by atoms with Crippen LogP contribution in [-0.2, 0) is 8.85 Å². The van der Waals surface area contributed by atoms with Crippen LogP contribution in [0.3, 0.4) is 0 Å². The molecule has 0 saturated heterocycles. The van der Waals surface area contributed by atoms with E-state index in [1.54, 1.807) is 0 Å². The predicted molar refractivity (Wildman–Crippen MR) is 42.6 cm³/mol. The second-order valence-corrected chi connectivity index (χ2v) is 4.03. The van der Waals surface area contributed by atoms with Crippen LogP contribution in [0.5, 0.6) is 0 Å². The van der Waals surface area contributed by atoms with Gasteiger partial charge in [-0.05, 0) is 13.8 Å². The van der Waals surface area contributed by atoms with Crippen LogP contribution in [-0.4, -0.2) is 28.3 Å². The van der Waals surface area contributed by atoms with E-state index in [1.165, 1.54) is 0 Å². The van der Waals surface area contributed by atoms with E-state index < -0.39 is 15.1 Å². The standard InChI is InChI=1S/C5H16N2O2Si/c1-3-8-10(5(6)7)9-4-2/h5,10H,3-4,6-7H2,1-2H3. The van der Waals surface area contributed by atoms with Crippen LogP contribution in [0.2, 0.25) is 0 Å². The highest BCUT2D eigenvalue weighted by Crippen LogP contribution is 1.89. The number of rotatable bonds is 5. The molecule has 0 radical (unpaired) electrons. The first kappa shape index (κ1) is 10.1. The molecule has 4 N–H and O–H groups in total.